The Morgan fingerprint density at radius 3 is 3.00 bits per heavy atom. The number of nitrogens with zero attached hydrogens (tertiary/aromatic N) is 4. The van der Waals surface area contributed by atoms with Gasteiger partial charge in [0, 0.05) is 38.1 Å². The molecule has 0 aromatic carbocycles. The van der Waals surface area contributed by atoms with Gasteiger partial charge in [0.15, 0.2) is 0 Å². The number of rotatable bonds is 5. The first-order valence-corrected chi connectivity index (χ1v) is 8.88. The molecule has 2 atom stereocenters. The van der Waals surface area contributed by atoms with Gasteiger partial charge in [-0.1, -0.05) is 6.07 Å². The quantitative estimate of drug-likeness (QED) is 0.811. The second-order valence-corrected chi connectivity index (χ2v) is 7.12. The van der Waals surface area contributed by atoms with Gasteiger partial charge in [0.05, 0.1) is 13.1 Å². The fraction of sp³-hybridized carbons (Fsp3) is 0.611. The minimum absolute atomic E-state index is 0.0293. The average molecular weight is 345 g/mol. The zero-order valence-corrected chi connectivity index (χ0v) is 15.0. The Hall–Kier alpha value is -1.99. The summed E-state index contributed by atoms with van der Waals surface area (Å²) in [5, 5.41) is 2.75. The van der Waals surface area contributed by atoms with Gasteiger partial charge in [-0.05, 0) is 44.6 Å². The molecule has 2 aliphatic heterocycles. The van der Waals surface area contributed by atoms with Crippen molar-refractivity contribution in [3.05, 3.63) is 30.1 Å². The molecule has 3 rings (SSSR count). The molecule has 25 heavy (non-hydrogen) atoms. The van der Waals surface area contributed by atoms with E-state index in [1.54, 1.807) is 11.1 Å². The lowest BCUT2D eigenvalue weighted by Gasteiger charge is -2.31. The van der Waals surface area contributed by atoms with Crippen molar-refractivity contribution in [2.75, 3.05) is 53.4 Å². The Morgan fingerprint density at radius 1 is 1.44 bits per heavy atom. The highest BCUT2D eigenvalue weighted by Crippen LogP contribution is 2.35. The first-order chi connectivity index (χ1) is 12.0. The Bertz CT molecular complexity index is 609. The normalized spacial score (nSPS) is 24.6. The number of aromatic nitrogens is 1. The van der Waals surface area contributed by atoms with Crippen LogP contribution in [0.5, 0.6) is 0 Å². The van der Waals surface area contributed by atoms with Gasteiger partial charge < -0.3 is 10.2 Å². The van der Waals surface area contributed by atoms with Gasteiger partial charge in [-0.3, -0.25) is 24.4 Å². The van der Waals surface area contributed by atoms with Gasteiger partial charge in [-0.25, -0.2) is 0 Å². The Labute approximate surface area is 149 Å². The van der Waals surface area contributed by atoms with Crippen molar-refractivity contribution in [3.63, 3.8) is 0 Å². The molecule has 0 unspecified atom stereocenters. The van der Waals surface area contributed by atoms with Crippen LogP contribution in [0, 0.1) is 5.92 Å². The van der Waals surface area contributed by atoms with Crippen molar-refractivity contribution in [1.82, 2.24) is 25.0 Å². The number of carbonyl (C=O) groups excluding carboxylic acids is 2. The highest BCUT2D eigenvalue weighted by molar-refractivity contribution is 5.86. The highest BCUT2D eigenvalue weighted by atomic mass is 16.2. The molecule has 0 spiro atoms. The zero-order valence-electron chi connectivity index (χ0n) is 15.0. The van der Waals surface area contributed by atoms with Crippen molar-refractivity contribution >= 4 is 11.8 Å². The number of piperazine rings is 1. The summed E-state index contributed by atoms with van der Waals surface area (Å²) in [7, 11) is 4.13. The minimum Gasteiger partial charge on any atom is -0.353 e. The van der Waals surface area contributed by atoms with Crippen LogP contribution < -0.4 is 5.32 Å². The number of hydrogen-bond donors (Lipinski definition) is 1. The van der Waals surface area contributed by atoms with Crippen molar-refractivity contribution in [1.29, 1.82) is 0 Å². The number of amides is 2. The van der Waals surface area contributed by atoms with Crippen LogP contribution in [0.4, 0.5) is 0 Å². The molecular weight excluding hydrogens is 318 g/mol. The highest BCUT2D eigenvalue weighted by Gasteiger charge is 2.34. The molecule has 2 fully saturated rings. The van der Waals surface area contributed by atoms with Crippen molar-refractivity contribution < 1.29 is 9.59 Å². The largest absolute Gasteiger partial charge is 0.353 e. The SMILES string of the molecule is CN(CC(=O)N1CCNC(=O)C1)C[C@@H]1CCN(C)[C@H]1c1cccnc1. The maximum atomic E-state index is 12.4. The van der Waals surface area contributed by atoms with Crippen LogP contribution in [-0.4, -0.2) is 84.9 Å². The summed E-state index contributed by atoms with van der Waals surface area (Å²) in [4.78, 5) is 34.2. The fourth-order valence-corrected chi connectivity index (χ4v) is 3.94. The molecule has 0 aliphatic carbocycles. The number of carbonyl (C=O) groups is 2. The molecule has 7 heteroatoms. The predicted molar refractivity (Wildman–Crippen MR) is 94.8 cm³/mol. The molecule has 0 radical (unpaired) electrons. The number of hydrogen-bond acceptors (Lipinski definition) is 5. The molecule has 2 amide bonds. The first-order valence-electron chi connectivity index (χ1n) is 8.88. The van der Waals surface area contributed by atoms with Crippen molar-refractivity contribution in [3.8, 4) is 0 Å². The minimum atomic E-state index is -0.0729. The molecule has 2 saturated heterocycles. The van der Waals surface area contributed by atoms with Crippen LogP contribution in [0.25, 0.3) is 0 Å². The van der Waals surface area contributed by atoms with Gasteiger partial charge in [-0.15, -0.1) is 0 Å². The molecule has 0 bridgehead atoms. The van der Waals surface area contributed by atoms with E-state index in [9.17, 15) is 9.59 Å². The number of likely N-dealkylation sites (tertiary alicyclic amines) is 1. The number of pyridine rings is 1. The summed E-state index contributed by atoms with van der Waals surface area (Å²) < 4.78 is 0. The van der Waals surface area contributed by atoms with E-state index in [1.165, 1.54) is 5.56 Å². The maximum absolute atomic E-state index is 12.4. The van der Waals surface area contributed by atoms with Crippen LogP contribution in [0.3, 0.4) is 0 Å². The van der Waals surface area contributed by atoms with Crippen LogP contribution in [0.15, 0.2) is 24.5 Å². The fourth-order valence-electron chi connectivity index (χ4n) is 3.94. The van der Waals surface area contributed by atoms with Crippen LogP contribution >= 0.6 is 0 Å². The van der Waals surface area contributed by atoms with E-state index < -0.39 is 0 Å². The summed E-state index contributed by atoms with van der Waals surface area (Å²) in [6.07, 6.45) is 4.85. The Morgan fingerprint density at radius 2 is 2.28 bits per heavy atom. The molecular formula is C18H27N5O2. The molecule has 2 aliphatic rings. The topological polar surface area (TPSA) is 68.8 Å². The standard InChI is InChI=1S/C18H27N5O2/c1-21(13-17(25)23-9-7-20-16(24)12-23)11-15-5-8-22(2)18(15)14-4-3-6-19-10-14/h3-4,6,10,15,18H,5,7-9,11-13H2,1-2H3,(H,20,24)/t15-,18-/m0/s1. The van der Waals surface area contributed by atoms with Crippen LogP contribution in [0.1, 0.15) is 18.0 Å². The zero-order chi connectivity index (χ0) is 17.8. The summed E-state index contributed by atoms with van der Waals surface area (Å²) in [5.41, 5.74) is 1.24. The Kier molecular flexibility index (Phi) is 5.65. The summed E-state index contributed by atoms with van der Waals surface area (Å²) in [6.45, 7) is 3.59. The lowest BCUT2D eigenvalue weighted by Crippen LogP contribution is -2.52. The van der Waals surface area contributed by atoms with Crippen LogP contribution in [-0.2, 0) is 9.59 Å². The monoisotopic (exact) mass is 345 g/mol. The Balaban J connectivity index is 1.57. The first kappa shape index (κ1) is 17.8. The lowest BCUT2D eigenvalue weighted by atomic mass is 9.94. The smallest absolute Gasteiger partial charge is 0.239 e. The van der Waals surface area contributed by atoms with Gasteiger partial charge in [0.2, 0.25) is 11.8 Å². The molecule has 3 heterocycles. The third kappa shape index (κ3) is 4.35. The third-order valence-corrected chi connectivity index (χ3v) is 5.14. The molecule has 0 saturated carbocycles. The molecule has 136 valence electrons. The summed E-state index contributed by atoms with van der Waals surface area (Å²) >= 11 is 0. The van der Waals surface area contributed by atoms with Crippen molar-refractivity contribution in [2.45, 2.75) is 12.5 Å². The molecule has 7 nitrogen and oxygen atoms in total. The molecule has 1 aromatic rings. The lowest BCUT2D eigenvalue weighted by molar-refractivity contribution is -0.138. The van der Waals surface area contributed by atoms with E-state index in [0.29, 0.717) is 31.6 Å². The van der Waals surface area contributed by atoms with E-state index in [1.807, 2.05) is 19.3 Å². The number of nitrogens with one attached hydrogen (secondary N) is 1. The van der Waals surface area contributed by atoms with Crippen LogP contribution in [0.2, 0.25) is 0 Å². The summed E-state index contributed by atoms with van der Waals surface area (Å²) in [5.74, 6) is 0.426. The van der Waals surface area contributed by atoms with Crippen molar-refractivity contribution in [2.24, 2.45) is 5.92 Å². The van der Waals surface area contributed by atoms with E-state index in [2.05, 4.69) is 33.2 Å². The van der Waals surface area contributed by atoms with E-state index in [4.69, 9.17) is 0 Å². The van der Waals surface area contributed by atoms with Gasteiger partial charge in [-0.2, -0.15) is 0 Å². The molecule has 1 aromatic heterocycles. The predicted octanol–water partition coefficient (Wildman–Crippen LogP) is -0.0354. The maximum Gasteiger partial charge on any atom is 0.239 e. The second-order valence-electron chi connectivity index (χ2n) is 7.12. The van der Waals surface area contributed by atoms with Gasteiger partial charge in [0.25, 0.3) is 0 Å². The average Bonchev–Trinajstić information content (AvgIpc) is 2.95. The summed E-state index contributed by atoms with van der Waals surface area (Å²) in [6, 6.07) is 4.45. The van der Waals surface area contributed by atoms with E-state index >= 15 is 0 Å². The van der Waals surface area contributed by atoms with E-state index in [0.717, 1.165) is 19.5 Å². The van der Waals surface area contributed by atoms with E-state index in [-0.39, 0.29) is 18.4 Å². The van der Waals surface area contributed by atoms with Gasteiger partial charge >= 0.3 is 0 Å². The second kappa shape index (κ2) is 7.93. The third-order valence-electron chi connectivity index (χ3n) is 5.14. The van der Waals surface area contributed by atoms with Gasteiger partial charge in [0.1, 0.15) is 0 Å². The molecule has 1 N–H and O–H groups in total. The number of likely N-dealkylation sites (N-methyl/N-ethyl adjacent to an activating group) is 1.